The molecule has 0 amide bonds. The fraction of sp³-hybridized carbons (Fsp3) is 0.261. The van der Waals surface area contributed by atoms with E-state index in [2.05, 4.69) is 50.4 Å². The molecule has 0 radical (unpaired) electrons. The van der Waals surface area contributed by atoms with Crippen LogP contribution in [-0.4, -0.2) is 39.2 Å². The van der Waals surface area contributed by atoms with Crippen LogP contribution in [0, 0.1) is 0 Å². The Hall–Kier alpha value is -3.19. The summed E-state index contributed by atoms with van der Waals surface area (Å²) < 4.78 is 6.89. The summed E-state index contributed by atoms with van der Waals surface area (Å²) in [6.07, 6.45) is 7.03. The average molecular weight is 421 g/mol. The van der Waals surface area contributed by atoms with Gasteiger partial charge in [0.05, 0.1) is 24.9 Å². The SMILES string of the molecule is COC(=O)CCCN1C(=S)N[C@@H](c2ccccn2)[C@@H]1c1ccn(-c2ccccc2)c1. The normalized spacial score (nSPS) is 18.3. The molecule has 0 spiro atoms. The van der Waals surface area contributed by atoms with E-state index < -0.39 is 0 Å². The van der Waals surface area contributed by atoms with Crippen molar-refractivity contribution in [3.05, 3.63) is 84.4 Å². The number of hydrogen-bond acceptors (Lipinski definition) is 4. The van der Waals surface area contributed by atoms with Gasteiger partial charge in [0.1, 0.15) is 0 Å². The summed E-state index contributed by atoms with van der Waals surface area (Å²) >= 11 is 5.67. The van der Waals surface area contributed by atoms with E-state index in [1.165, 1.54) is 7.11 Å². The van der Waals surface area contributed by atoms with Gasteiger partial charge in [-0.2, -0.15) is 0 Å². The molecule has 0 unspecified atom stereocenters. The van der Waals surface area contributed by atoms with Gasteiger partial charge in [-0.05, 0) is 54.5 Å². The minimum Gasteiger partial charge on any atom is -0.469 e. The number of esters is 1. The topological polar surface area (TPSA) is 59.4 Å². The summed E-state index contributed by atoms with van der Waals surface area (Å²) in [6.45, 7) is 0.658. The zero-order valence-corrected chi connectivity index (χ0v) is 17.6. The highest BCUT2D eigenvalue weighted by Gasteiger charge is 2.39. The van der Waals surface area contributed by atoms with Crippen molar-refractivity contribution in [3.63, 3.8) is 0 Å². The minimum atomic E-state index is -0.207. The maximum absolute atomic E-state index is 11.6. The summed E-state index contributed by atoms with van der Waals surface area (Å²) in [4.78, 5) is 18.3. The molecule has 0 aliphatic carbocycles. The van der Waals surface area contributed by atoms with Crippen LogP contribution in [0.2, 0.25) is 0 Å². The summed E-state index contributed by atoms with van der Waals surface area (Å²) in [6, 6.07) is 18.2. The Morgan fingerprint density at radius 1 is 1.17 bits per heavy atom. The molecule has 1 aromatic carbocycles. The Morgan fingerprint density at radius 3 is 2.70 bits per heavy atom. The largest absolute Gasteiger partial charge is 0.469 e. The monoisotopic (exact) mass is 420 g/mol. The second-order valence-electron chi connectivity index (χ2n) is 7.19. The van der Waals surface area contributed by atoms with E-state index in [-0.39, 0.29) is 18.1 Å². The van der Waals surface area contributed by atoms with Crippen LogP contribution >= 0.6 is 12.2 Å². The number of nitrogens with one attached hydrogen (secondary N) is 1. The molecule has 0 saturated carbocycles. The molecule has 7 heteroatoms. The van der Waals surface area contributed by atoms with Gasteiger partial charge in [0.2, 0.25) is 0 Å². The van der Waals surface area contributed by atoms with Gasteiger partial charge in [0, 0.05) is 37.2 Å². The number of benzene rings is 1. The Labute approximate surface area is 181 Å². The van der Waals surface area contributed by atoms with Gasteiger partial charge in [-0.1, -0.05) is 24.3 Å². The Kier molecular flexibility index (Phi) is 6.09. The number of carbonyl (C=O) groups is 1. The second kappa shape index (κ2) is 9.09. The van der Waals surface area contributed by atoms with Crippen LogP contribution in [0.15, 0.2) is 73.2 Å². The molecule has 2 aromatic heterocycles. The third kappa shape index (κ3) is 4.21. The van der Waals surface area contributed by atoms with E-state index in [9.17, 15) is 4.79 Å². The molecule has 3 heterocycles. The molecule has 3 aromatic rings. The summed E-state index contributed by atoms with van der Waals surface area (Å²) in [5.74, 6) is -0.207. The average Bonchev–Trinajstić information content (AvgIpc) is 3.40. The molecule has 154 valence electrons. The molecule has 1 fully saturated rings. The van der Waals surface area contributed by atoms with E-state index in [0.29, 0.717) is 24.5 Å². The zero-order chi connectivity index (χ0) is 20.9. The lowest BCUT2D eigenvalue weighted by atomic mass is 9.99. The van der Waals surface area contributed by atoms with Crippen LogP contribution < -0.4 is 5.32 Å². The van der Waals surface area contributed by atoms with Gasteiger partial charge < -0.3 is 19.5 Å². The number of nitrogens with zero attached hydrogens (tertiary/aromatic N) is 3. The van der Waals surface area contributed by atoms with E-state index in [1.807, 2.05) is 36.4 Å². The third-order valence-electron chi connectivity index (χ3n) is 5.32. The first-order valence-electron chi connectivity index (χ1n) is 9.95. The van der Waals surface area contributed by atoms with Crippen LogP contribution in [0.5, 0.6) is 0 Å². The Balaban J connectivity index is 1.64. The number of pyridine rings is 1. The lowest BCUT2D eigenvalue weighted by Gasteiger charge is -2.27. The first-order chi connectivity index (χ1) is 14.7. The van der Waals surface area contributed by atoms with E-state index in [1.54, 1.807) is 6.20 Å². The van der Waals surface area contributed by atoms with Crippen molar-refractivity contribution in [2.45, 2.75) is 24.9 Å². The van der Waals surface area contributed by atoms with Crippen molar-refractivity contribution in [2.75, 3.05) is 13.7 Å². The van der Waals surface area contributed by atoms with Crippen LogP contribution in [0.1, 0.15) is 36.2 Å². The van der Waals surface area contributed by atoms with Crippen molar-refractivity contribution in [1.29, 1.82) is 0 Å². The number of thiocarbonyl (C=S) groups is 1. The van der Waals surface area contributed by atoms with E-state index in [4.69, 9.17) is 17.0 Å². The van der Waals surface area contributed by atoms with Gasteiger partial charge in [0.15, 0.2) is 5.11 Å². The maximum atomic E-state index is 11.6. The highest BCUT2D eigenvalue weighted by atomic mass is 32.1. The number of para-hydroxylation sites is 1. The van der Waals surface area contributed by atoms with Crippen molar-refractivity contribution < 1.29 is 9.53 Å². The minimum absolute atomic E-state index is 0.0185. The van der Waals surface area contributed by atoms with E-state index >= 15 is 0 Å². The van der Waals surface area contributed by atoms with Crippen molar-refractivity contribution in [2.24, 2.45) is 0 Å². The predicted octanol–water partition coefficient (Wildman–Crippen LogP) is 3.80. The quantitative estimate of drug-likeness (QED) is 0.464. The molecule has 2 atom stereocenters. The number of methoxy groups -OCH3 is 1. The third-order valence-corrected chi connectivity index (χ3v) is 5.67. The first-order valence-corrected chi connectivity index (χ1v) is 10.4. The molecule has 1 saturated heterocycles. The van der Waals surface area contributed by atoms with Crippen molar-refractivity contribution in [3.8, 4) is 5.69 Å². The number of rotatable bonds is 7. The summed E-state index contributed by atoms with van der Waals surface area (Å²) in [5.41, 5.74) is 3.18. The predicted molar refractivity (Wildman–Crippen MR) is 119 cm³/mol. The molecule has 1 N–H and O–H groups in total. The van der Waals surface area contributed by atoms with Gasteiger partial charge >= 0.3 is 5.97 Å². The molecular weight excluding hydrogens is 396 g/mol. The van der Waals surface area contributed by atoms with Gasteiger partial charge in [-0.3, -0.25) is 9.78 Å². The zero-order valence-electron chi connectivity index (χ0n) is 16.8. The fourth-order valence-corrected chi connectivity index (χ4v) is 4.19. The van der Waals surface area contributed by atoms with Crippen LogP contribution in [-0.2, 0) is 9.53 Å². The Bertz CT molecular complexity index is 1010. The summed E-state index contributed by atoms with van der Waals surface area (Å²) in [7, 11) is 1.41. The molecule has 1 aliphatic heterocycles. The number of aromatic nitrogens is 2. The number of hydrogen-bond donors (Lipinski definition) is 1. The lowest BCUT2D eigenvalue weighted by Crippen LogP contribution is -2.30. The Morgan fingerprint density at radius 2 is 1.97 bits per heavy atom. The van der Waals surface area contributed by atoms with Gasteiger partial charge in [0.25, 0.3) is 0 Å². The standard InChI is InChI=1S/C23H24N4O2S/c1-29-20(28)11-7-14-27-22(21(25-23(27)30)19-10-5-6-13-24-19)17-12-15-26(16-17)18-8-3-2-4-9-18/h2-6,8-10,12-13,15-16,21-22H,7,11,14H2,1H3,(H,25,30)/t21-,22-/m0/s1. The second-order valence-corrected chi connectivity index (χ2v) is 7.57. The number of ether oxygens (including phenoxy) is 1. The molecule has 0 bridgehead atoms. The molecule has 6 nitrogen and oxygen atoms in total. The van der Waals surface area contributed by atoms with Crippen LogP contribution in [0.4, 0.5) is 0 Å². The van der Waals surface area contributed by atoms with Crippen molar-refractivity contribution in [1.82, 2.24) is 19.8 Å². The molecule has 1 aliphatic rings. The highest BCUT2D eigenvalue weighted by Crippen LogP contribution is 2.39. The van der Waals surface area contributed by atoms with Gasteiger partial charge in [-0.15, -0.1) is 0 Å². The highest BCUT2D eigenvalue weighted by molar-refractivity contribution is 7.80. The number of carbonyl (C=O) groups excluding carboxylic acids is 1. The molecule has 4 rings (SSSR count). The smallest absolute Gasteiger partial charge is 0.305 e. The molecular formula is C23H24N4O2S. The van der Waals surface area contributed by atoms with Gasteiger partial charge in [-0.25, -0.2) is 0 Å². The molecule has 30 heavy (non-hydrogen) atoms. The maximum Gasteiger partial charge on any atom is 0.305 e. The first kappa shape index (κ1) is 20.1. The van der Waals surface area contributed by atoms with E-state index in [0.717, 1.165) is 16.9 Å². The van der Waals surface area contributed by atoms with Crippen molar-refractivity contribution >= 4 is 23.3 Å². The van der Waals surface area contributed by atoms with Crippen LogP contribution in [0.25, 0.3) is 5.69 Å². The summed E-state index contributed by atoms with van der Waals surface area (Å²) in [5, 5.41) is 4.11. The van der Waals surface area contributed by atoms with Crippen LogP contribution in [0.3, 0.4) is 0 Å². The lowest BCUT2D eigenvalue weighted by molar-refractivity contribution is -0.140. The fourth-order valence-electron chi connectivity index (χ4n) is 3.85.